The lowest BCUT2D eigenvalue weighted by Gasteiger charge is -2.26. The number of nitrogens with zero attached hydrogens (tertiary/aromatic N) is 1. The predicted molar refractivity (Wildman–Crippen MR) is 72.6 cm³/mol. The molecule has 4 N–H and O–H groups in total. The molecule has 0 bridgehead atoms. The lowest BCUT2D eigenvalue weighted by atomic mass is 9.83. The van der Waals surface area contributed by atoms with Crippen molar-refractivity contribution < 1.29 is 14.4 Å². The Bertz CT molecular complexity index is 525. The van der Waals surface area contributed by atoms with Crippen LogP contribution in [0.4, 0.5) is 4.39 Å². The number of amidine groups is 1. The van der Waals surface area contributed by atoms with Gasteiger partial charge >= 0.3 is 0 Å². The molecule has 1 saturated carbocycles. The van der Waals surface area contributed by atoms with E-state index in [0.717, 1.165) is 12.8 Å². The van der Waals surface area contributed by atoms with Crippen LogP contribution < -0.4 is 11.1 Å². The number of halogens is 1. The van der Waals surface area contributed by atoms with E-state index < -0.39 is 5.41 Å². The van der Waals surface area contributed by atoms with Crippen LogP contribution in [0.15, 0.2) is 29.4 Å². The van der Waals surface area contributed by atoms with Crippen LogP contribution in [0.5, 0.6) is 0 Å². The van der Waals surface area contributed by atoms with E-state index in [1.54, 1.807) is 18.2 Å². The predicted octanol–water partition coefficient (Wildman–Crippen LogP) is 1.75. The Hall–Kier alpha value is -2.11. The Kier molecular flexibility index (Phi) is 4.22. The summed E-state index contributed by atoms with van der Waals surface area (Å²) >= 11 is 0. The number of oxime groups is 1. The first kappa shape index (κ1) is 14.3. The number of benzene rings is 1. The van der Waals surface area contributed by atoms with Crippen molar-refractivity contribution in [2.24, 2.45) is 16.3 Å². The van der Waals surface area contributed by atoms with E-state index in [-0.39, 0.29) is 24.1 Å². The average Bonchev–Trinajstić information content (AvgIpc) is 2.96. The van der Waals surface area contributed by atoms with Gasteiger partial charge in [0.2, 0.25) is 5.91 Å². The number of rotatable bonds is 4. The van der Waals surface area contributed by atoms with Gasteiger partial charge in [0.15, 0.2) is 5.84 Å². The number of amides is 1. The minimum Gasteiger partial charge on any atom is -0.409 e. The van der Waals surface area contributed by atoms with Gasteiger partial charge in [0.25, 0.3) is 0 Å². The van der Waals surface area contributed by atoms with Crippen LogP contribution in [0, 0.1) is 11.2 Å². The van der Waals surface area contributed by atoms with Gasteiger partial charge in [-0.3, -0.25) is 4.79 Å². The highest BCUT2D eigenvalue weighted by Crippen LogP contribution is 2.38. The second kappa shape index (κ2) is 5.90. The largest absolute Gasteiger partial charge is 0.409 e. The lowest BCUT2D eigenvalue weighted by Crippen LogP contribution is -2.48. The quantitative estimate of drug-likeness (QED) is 0.339. The van der Waals surface area contributed by atoms with Gasteiger partial charge in [-0.2, -0.15) is 0 Å². The third-order valence-electron chi connectivity index (χ3n) is 3.89. The van der Waals surface area contributed by atoms with Gasteiger partial charge in [0.05, 0.1) is 0 Å². The maximum Gasteiger partial charge on any atom is 0.234 e. The highest BCUT2D eigenvalue weighted by Gasteiger charge is 2.45. The van der Waals surface area contributed by atoms with Crippen molar-refractivity contribution in [3.63, 3.8) is 0 Å². The van der Waals surface area contributed by atoms with E-state index in [4.69, 9.17) is 10.9 Å². The van der Waals surface area contributed by atoms with Crippen molar-refractivity contribution in [1.82, 2.24) is 5.32 Å². The summed E-state index contributed by atoms with van der Waals surface area (Å²) in [6, 6.07) is 6.26. The molecule has 0 aliphatic heterocycles. The van der Waals surface area contributed by atoms with Crippen LogP contribution in [-0.2, 0) is 11.3 Å². The highest BCUT2D eigenvalue weighted by atomic mass is 19.1. The first-order valence-corrected chi connectivity index (χ1v) is 6.60. The van der Waals surface area contributed by atoms with Crippen molar-refractivity contribution >= 4 is 11.7 Å². The second-order valence-corrected chi connectivity index (χ2v) is 5.05. The molecule has 1 aromatic rings. The lowest BCUT2D eigenvalue weighted by molar-refractivity contribution is -0.127. The fourth-order valence-corrected chi connectivity index (χ4v) is 2.66. The molecular formula is C14H18FN3O2. The number of nitrogens with one attached hydrogen (secondary N) is 1. The van der Waals surface area contributed by atoms with Gasteiger partial charge < -0.3 is 16.3 Å². The molecule has 0 radical (unpaired) electrons. The number of hydrogen-bond donors (Lipinski definition) is 3. The zero-order chi connectivity index (χ0) is 14.6. The summed E-state index contributed by atoms with van der Waals surface area (Å²) in [5.74, 6) is -0.744. The molecule has 108 valence electrons. The number of carbonyl (C=O) groups is 1. The molecule has 1 amide bonds. The first-order chi connectivity index (χ1) is 9.60. The standard InChI is InChI=1S/C14H18FN3O2/c15-11-6-2-1-5-10(11)9-17-13(19)14(12(16)18-20)7-3-4-8-14/h1-2,5-6,20H,3-4,7-9H2,(H2,16,18)(H,17,19). The summed E-state index contributed by atoms with van der Waals surface area (Å²) in [7, 11) is 0. The monoisotopic (exact) mass is 279 g/mol. The van der Waals surface area contributed by atoms with Gasteiger partial charge in [-0.05, 0) is 18.9 Å². The molecule has 0 heterocycles. The number of carbonyl (C=O) groups excluding carboxylic acids is 1. The zero-order valence-electron chi connectivity index (χ0n) is 11.1. The SMILES string of the molecule is NC(=NO)C1(C(=O)NCc2ccccc2F)CCCC1. The molecule has 1 fully saturated rings. The van der Waals surface area contributed by atoms with Crippen molar-refractivity contribution in [2.75, 3.05) is 0 Å². The average molecular weight is 279 g/mol. The fourth-order valence-electron chi connectivity index (χ4n) is 2.66. The maximum atomic E-state index is 13.5. The van der Waals surface area contributed by atoms with E-state index >= 15 is 0 Å². The summed E-state index contributed by atoms with van der Waals surface area (Å²) < 4.78 is 13.5. The van der Waals surface area contributed by atoms with Gasteiger partial charge in [-0.15, -0.1) is 0 Å². The Morgan fingerprint density at radius 2 is 2.05 bits per heavy atom. The van der Waals surface area contributed by atoms with Gasteiger partial charge in [0, 0.05) is 12.1 Å². The van der Waals surface area contributed by atoms with Crippen LogP contribution in [0.2, 0.25) is 0 Å². The molecule has 1 aliphatic rings. The molecule has 1 aliphatic carbocycles. The van der Waals surface area contributed by atoms with Crippen LogP contribution >= 0.6 is 0 Å². The molecule has 0 unspecified atom stereocenters. The Balaban J connectivity index is 2.09. The normalized spacial score (nSPS) is 17.9. The molecule has 0 atom stereocenters. The zero-order valence-corrected chi connectivity index (χ0v) is 11.1. The summed E-state index contributed by atoms with van der Waals surface area (Å²) in [4.78, 5) is 12.3. The molecule has 0 saturated heterocycles. The third-order valence-corrected chi connectivity index (χ3v) is 3.89. The van der Waals surface area contributed by atoms with E-state index in [0.29, 0.717) is 18.4 Å². The molecule has 0 aromatic heterocycles. The Morgan fingerprint density at radius 3 is 2.65 bits per heavy atom. The topological polar surface area (TPSA) is 87.7 Å². The first-order valence-electron chi connectivity index (χ1n) is 6.60. The molecule has 0 spiro atoms. The van der Waals surface area contributed by atoms with E-state index in [2.05, 4.69) is 10.5 Å². The molecule has 20 heavy (non-hydrogen) atoms. The molecule has 2 rings (SSSR count). The summed E-state index contributed by atoms with van der Waals surface area (Å²) in [5.41, 5.74) is 5.13. The van der Waals surface area contributed by atoms with E-state index in [1.165, 1.54) is 6.07 Å². The molecule has 5 nitrogen and oxygen atoms in total. The number of nitrogens with two attached hydrogens (primary N) is 1. The molecule has 1 aromatic carbocycles. The van der Waals surface area contributed by atoms with Gasteiger partial charge in [0.1, 0.15) is 11.2 Å². The van der Waals surface area contributed by atoms with Gasteiger partial charge in [-0.25, -0.2) is 4.39 Å². The smallest absolute Gasteiger partial charge is 0.234 e. The van der Waals surface area contributed by atoms with E-state index in [1.807, 2.05) is 0 Å². The minimum absolute atomic E-state index is 0.0685. The Morgan fingerprint density at radius 1 is 1.40 bits per heavy atom. The highest BCUT2D eigenvalue weighted by molar-refractivity contribution is 6.07. The maximum absolute atomic E-state index is 13.5. The van der Waals surface area contributed by atoms with E-state index in [9.17, 15) is 9.18 Å². The van der Waals surface area contributed by atoms with Crippen LogP contribution in [-0.4, -0.2) is 17.0 Å². The second-order valence-electron chi connectivity index (χ2n) is 5.05. The van der Waals surface area contributed by atoms with Crippen molar-refractivity contribution in [1.29, 1.82) is 0 Å². The van der Waals surface area contributed by atoms with Crippen molar-refractivity contribution in [3.8, 4) is 0 Å². The minimum atomic E-state index is -0.958. The van der Waals surface area contributed by atoms with Crippen molar-refractivity contribution in [2.45, 2.75) is 32.2 Å². The molecule has 6 heteroatoms. The molecular weight excluding hydrogens is 261 g/mol. The third kappa shape index (κ3) is 2.59. The van der Waals surface area contributed by atoms with Crippen LogP contribution in [0.1, 0.15) is 31.2 Å². The van der Waals surface area contributed by atoms with Crippen LogP contribution in [0.3, 0.4) is 0 Å². The fraction of sp³-hybridized carbons (Fsp3) is 0.429. The number of hydrogen-bond acceptors (Lipinski definition) is 3. The van der Waals surface area contributed by atoms with Crippen molar-refractivity contribution in [3.05, 3.63) is 35.6 Å². The summed E-state index contributed by atoms with van der Waals surface area (Å²) in [6.07, 6.45) is 2.80. The Labute approximate surface area is 116 Å². The summed E-state index contributed by atoms with van der Waals surface area (Å²) in [6.45, 7) is 0.0893. The van der Waals surface area contributed by atoms with Crippen LogP contribution in [0.25, 0.3) is 0 Å². The van der Waals surface area contributed by atoms with Gasteiger partial charge in [-0.1, -0.05) is 36.2 Å². The summed E-state index contributed by atoms with van der Waals surface area (Å²) in [5, 5.41) is 14.5.